The van der Waals surface area contributed by atoms with E-state index in [1.807, 2.05) is 54.4 Å². The van der Waals surface area contributed by atoms with Gasteiger partial charge in [-0.15, -0.1) is 0 Å². The number of fused-ring (bicyclic) bond motifs is 2. The predicted molar refractivity (Wildman–Crippen MR) is 171 cm³/mol. The quantitative estimate of drug-likeness (QED) is 0.255. The summed E-state index contributed by atoms with van der Waals surface area (Å²) in [6, 6.07) is 15.4. The first-order valence-electron chi connectivity index (χ1n) is 15.2. The third-order valence-corrected chi connectivity index (χ3v) is 8.56. The zero-order valence-electron chi connectivity index (χ0n) is 26.3. The van der Waals surface area contributed by atoms with Gasteiger partial charge >= 0.3 is 6.41 Å². The first-order chi connectivity index (χ1) is 21.6. The van der Waals surface area contributed by atoms with E-state index < -0.39 is 5.60 Å². The molecule has 11 nitrogen and oxygen atoms in total. The van der Waals surface area contributed by atoms with Crippen LogP contribution in [0.3, 0.4) is 0 Å². The van der Waals surface area contributed by atoms with Crippen molar-refractivity contribution in [2.45, 2.75) is 53.2 Å². The van der Waals surface area contributed by atoms with Gasteiger partial charge in [0.1, 0.15) is 29.3 Å². The molecular formula is C34H38N7O4. The molecule has 1 saturated heterocycles. The molecule has 1 aliphatic heterocycles. The van der Waals surface area contributed by atoms with Crippen LogP contribution in [0.4, 0.5) is 5.69 Å². The van der Waals surface area contributed by atoms with Gasteiger partial charge in [-0.3, -0.25) is 23.7 Å². The van der Waals surface area contributed by atoms with Crippen LogP contribution in [0.25, 0.3) is 16.6 Å². The molecule has 0 spiro atoms. The lowest BCUT2D eigenvalue weighted by Crippen LogP contribution is -2.61. The van der Waals surface area contributed by atoms with Crippen LogP contribution in [0.2, 0.25) is 0 Å². The van der Waals surface area contributed by atoms with E-state index in [1.165, 1.54) is 0 Å². The SMILES string of the molecule is CCc1nn(Cc2cccc(C)n2)c2cccc(NC(=O)c3cnc4cc(OCC5(C(C)(C)C)CN([C]=O)CCO5)ccn34)c12. The lowest BCUT2D eigenvalue weighted by Gasteiger charge is -2.48. The van der Waals surface area contributed by atoms with Crippen molar-refractivity contribution in [2.24, 2.45) is 5.41 Å². The maximum atomic E-state index is 13.6. The molecule has 1 aliphatic rings. The molecule has 0 saturated carbocycles. The van der Waals surface area contributed by atoms with Crippen molar-refractivity contribution in [1.29, 1.82) is 0 Å². The van der Waals surface area contributed by atoms with E-state index in [-0.39, 0.29) is 17.9 Å². The Kier molecular flexibility index (Phi) is 8.05. The summed E-state index contributed by atoms with van der Waals surface area (Å²) in [5, 5.41) is 8.88. The molecule has 0 aliphatic carbocycles. The van der Waals surface area contributed by atoms with Crippen molar-refractivity contribution < 1.29 is 19.1 Å². The van der Waals surface area contributed by atoms with Gasteiger partial charge in [-0.05, 0) is 49.1 Å². The van der Waals surface area contributed by atoms with Crippen molar-refractivity contribution in [3.8, 4) is 5.75 Å². The van der Waals surface area contributed by atoms with Crippen molar-refractivity contribution in [3.63, 3.8) is 0 Å². The summed E-state index contributed by atoms with van der Waals surface area (Å²) in [6.07, 6.45) is 6.04. The maximum absolute atomic E-state index is 13.6. The molecule has 0 bridgehead atoms. The third kappa shape index (κ3) is 5.87. The summed E-state index contributed by atoms with van der Waals surface area (Å²) in [5.41, 5.74) is 4.37. The molecule has 6 rings (SSSR count). The van der Waals surface area contributed by atoms with Gasteiger partial charge in [-0.2, -0.15) is 5.10 Å². The number of rotatable bonds is 9. The number of benzene rings is 1. The number of amides is 2. The van der Waals surface area contributed by atoms with Crippen LogP contribution in [0.15, 0.2) is 60.9 Å². The second kappa shape index (κ2) is 12.0. The van der Waals surface area contributed by atoms with Crippen LogP contribution in [-0.2, 0) is 22.5 Å². The summed E-state index contributed by atoms with van der Waals surface area (Å²) in [4.78, 5) is 35.7. The number of hydrogen-bond acceptors (Lipinski definition) is 7. The number of aromatic nitrogens is 5. The largest absolute Gasteiger partial charge is 0.490 e. The van der Waals surface area contributed by atoms with Gasteiger partial charge in [-0.1, -0.05) is 39.8 Å². The number of pyridine rings is 2. The van der Waals surface area contributed by atoms with Gasteiger partial charge in [0.2, 0.25) is 0 Å². The minimum Gasteiger partial charge on any atom is -0.490 e. The second-order valence-electron chi connectivity index (χ2n) is 12.5. The number of carbonyl (C=O) groups excluding carboxylic acids is 2. The highest BCUT2D eigenvalue weighted by atomic mass is 16.5. The number of nitrogens with zero attached hydrogens (tertiary/aromatic N) is 6. The monoisotopic (exact) mass is 608 g/mol. The Bertz CT molecular complexity index is 1870. The lowest BCUT2D eigenvalue weighted by atomic mass is 9.75. The zero-order chi connectivity index (χ0) is 31.8. The molecule has 1 aromatic carbocycles. The van der Waals surface area contributed by atoms with E-state index in [1.54, 1.807) is 33.8 Å². The smallest absolute Gasteiger partial charge is 0.312 e. The molecule has 2 amide bonds. The van der Waals surface area contributed by atoms with Gasteiger partial charge in [0.05, 0.1) is 48.5 Å². The van der Waals surface area contributed by atoms with Crippen LogP contribution < -0.4 is 10.1 Å². The van der Waals surface area contributed by atoms with Crippen molar-refractivity contribution >= 4 is 34.6 Å². The summed E-state index contributed by atoms with van der Waals surface area (Å²) >= 11 is 0. The Morgan fingerprint density at radius 3 is 2.76 bits per heavy atom. The number of anilines is 1. The van der Waals surface area contributed by atoms with Crippen LogP contribution in [-0.4, -0.2) is 73.3 Å². The Hall–Kier alpha value is -4.77. The Labute approximate surface area is 262 Å². The summed E-state index contributed by atoms with van der Waals surface area (Å²) < 4.78 is 16.1. The Balaban J connectivity index is 1.22. The normalized spacial score (nSPS) is 17.1. The lowest BCUT2D eigenvalue weighted by molar-refractivity contribution is -0.170. The van der Waals surface area contributed by atoms with Crippen molar-refractivity contribution in [2.75, 3.05) is 31.6 Å². The number of morpholine rings is 1. The fraction of sp³-hybridized carbons (Fsp3) is 0.382. The van der Waals surface area contributed by atoms with E-state index in [0.29, 0.717) is 55.4 Å². The fourth-order valence-electron chi connectivity index (χ4n) is 5.85. The fourth-order valence-corrected chi connectivity index (χ4v) is 5.85. The Morgan fingerprint density at radius 2 is 2.00 bits per heavy atom. The van der Waals surface area contributed by atoms with Gasteiger partial charge in [0.15, 0.2) is 0 Å². The van der Waals surface area contributed by atoms with E-state index in [4.69, 9.17) is 14.6 Å². The first-order valence-corrected chi connectivity index (χ1v) is 15.2. The van der Waals surface area contributed by atoms with Crippen LogP contribution in [0, 0.1) is 12.3 Å². The maximum Gasteiger partial charge on any atom is 0.312 e. The van der Waals surface area contributed by atoms with Crippen LogP contribution >= 0.6 is 0 Å². The van der Waals surface area contributed by atoms with Gasteiger partial charge in [0.25, 0.3) is 5.91 Å². The molecule has 4 aromatic heterocycles. The average Bonchev–Trinajstić information content (AvgIpc) is 3.61. The topological polar surface area (TPSA) is 116 Å². The molecule has 5 heterocycles. The Morgan fingerprint density at radius 1 is 1.18 bits per heavy atom. The molecule has 5 aromatic rings. The number of imidazole rings is 1. The van der Waals surface area contributed by atoms with Gasteiger partial charge in [-0.25, -0.2) is 4.98 Å². The van der Waals surface area contributed by atoms with Crippen LogP contribution in [0.5, 0.6) is 5.75 Å². The van der Waals surface area contributed by atoms with Crippen molar-refractivity contribution in [3.05, 3.63) is 83.7 Å². The molecule has 1 N–H and O–H groups in total. The van der Waals surface area contributed by atoms with Crippen molar-refractivity contribution in [1.82, 2.24) is 29.0 Å². The van der Waals surface area contributed by atoms with E-state index in [0.717, 1.165) is 28.0 Å². The van der Waals surface area contributed by atoms with Crippen LogP contribution in [0.1, 0.15) is 55.3 Å². The second-order valence-corrected chi connectivity index (χ2v) is 12.5. The number of carbonyl (C=O) groups is 1. The molecule has 1 fully saturated rings. The molecule has 1 atom stereocenters. The minimum absolute atomic E-state index is 0.246. The number of nitrogens with one attached hydrogen (secondary N) is 1. The third-order valence-electron chi connectivity index (χ3n) is 8.56. The molecule has 1 radical (unpaired) electrons. The molecule has 233 valence electrons. The summed E-state index contributed by atoms with van der Waals surface area (Å²) in [7, 11) is 0. The number of ether oxygens (including phenoxy) is 2. The number of hydrogen-bond donors (Lipinski definition) is 1. The standard InChI is InChI=1S/C34H38N7O4/c1-6-26-31-27(11-8-12-28(31)41(38-26)19-24-10-7-9-23(2)36-24)37-32(43)29-18-35-30-17-25(13-14-40(29)30)44-21-34(33(3,4)5)20-39(22-42)15-16-45-34/h7-14,17-18H,6,15-16,19-21H2,1-5H3,(H,37,43). The van der Waals surface area contributed by atoms with E-state index in [2.05, 4.69) is 43.0 Å². The highest BCUT2D eigenvalue weighted by Gasteiger charge is 2.47. The first kappa shape index (κ1) is 30.3. The number of aryl methyl sites for hydroxylation is 2. The van der Waals surface area contributed by atoms with E-state index >= 15 is 0 Å². The molecular weight excluding hydrogens is 570 g/mol. The molecule has 11 heteroatoms. The minimum atomic E-state index is -0.696. The van der Waals surface area contributed by atoms with Gasteiger partial charge in [0, 0.05) is 29.9 Å². The zero-order valence-corrected chi connectivity index (χ0v) is 26.3. The predicted octanol–water partition coefficient (Wildman–Crippen LogP) is 4.81. The van der Waals surface area contributed by atoms with E-state index in [9.17, 15) is 9.59 Å². The summed E-state index contributed by atoms with van der Waals surface area (Å²) in [6.45, 7) is 12.3. The average molecular weight is 609 g/mol. The highest BCUT2D eigenvalue weighted by molar-refractivity contribution is 6.08. The highest BCUT2D eigenvalue weighted by Crippen LogP contribution is 2.37. The summed E-state index contributed by atoms with van der Waals surface area (Å²) in [5.74, 6) is 0.304. The molecule has 1 unspecified atom stereocenters. The molecule has 45 heavy (non-hydrogen) atoms. The van der Waals surface area contributed by atoms with Gasteiger partial charge < -0.3 is 19.7 Å².